The Balaban J connectivity index is 2.43. The summed E-state index contributed by atoms with van der Waals surface area (Å²) in [6.45, 7) is 3.63. The van der Waals surface area contributed by atoms with Crippen LogP contribution in [0.3, 0.4) is 0 Å². The summed E-state index contributed by atoms with van der Waals surface area (Å²) in [7, 11) is 1.31. The molecule has 1 atom stereocenters. The molecule has 0 aromatic heterocycles. The number of carbonyl (C=O) groups excluding carboxylic acids is 3. The summed E-state index contributed by atoms with van der Waals surface area (Å²) in [6.07, 6.45) is 4.62. The van der Waals surface area contributed by atoms with Crippen LogP contribution in [-0.2, 0) is 19.1 Å². The van der Waals surface area contributed by atoms with Gasteiger partial charge in [0, 0.05) is 12.1 Å². The molecule has 1 N–H and O–H groups in total. The second-order valence-corrected chi connectivity index (χ2v) is 5.31. The summed E-state index contributed by atoms with van der Waals surface area (Å²) in [6, 6.07) is 6.61. The van der Waals surface area contributed by atoms with Crippen molar-refractivity contribution in [1.29, 1.82) is 0 Å². The minimum atomic E-state index is -0.606. The molecule has 0 bridgehead atoms. The highest BCUT2D eigenvalue weighted by Crippen LogP contribution is 2.07. The molecule has 0 fully saturated rings. The number of carbonyl (C=O) groups is 3. The molecule has 0 saturated carbocycles. The zero-order valence-corrected chi connectivity index (χ0v) is 14.2. The molecule has 1 amide bonds. The van der Waals surface area contributed by atoms with Crippen LogP contribution in [0.5, 0.6) is 0 Å². The predicted octanol–water partition coefficient (Wildman–Crippen LogP) is 2.33. The Morgan fingerprint density at radius 3 is 2.46 bits per heavy atom. The molecule has 0 radical (unpaired) electrons. The fraction of sp³-hybridized carbons (Fsp3) is 0.389. The molecule has 6 heteroatoms. The Morgan fingerprint density at radius 1 is 1.21 bits per heavy atom. The molecule has 1 aromatic carbocycles. The van der Waals surface area contributed by atoms with Crippen molar-refractivity contribution in [2.45, 2.75) is 32.7 Å². The first kappa shape index (κ1) is 19.4. The van der Waals surface area contributed by atoms with Crippen LogP contribution in [-0.4, -0.2) is 37.6 Å². The van der Waals surface area contributed by atoms with Crippen LogP contribution in [0, 0.1) is 0 Å². The van der Waals surface area contributed by atoms with Gasteiger partial charge in [0.15, 0.2) is 6.61 Å². The van der Waals surface area contributed by atoms with Crippen molar-refractivity contribution in [2.24, 2.45) is 0 Å². The number of amides is 1. The lowest BCUT2D eigenvalue weighted by Gasteiger charge is -2.12. The third-order valence-electron chi connectivity index (χ3n) is 3.22. The molecule has 6 nitrogen and oxygen atoms in total. The van der Waals surface area contributed by atoms with E-state index in [1.165, 1.54) is 13.2 Å². The van der Waals surface area contributed by atoms with Gasteiger partial charge in [-0.1, -0.05) is 25.5 Å². The average molecular weight is 333 g/mol. The predicted molar refractivity (Wildman–Crippen MR) is 90.3 cm³/mol. The highest BCUT2D eigenvalue weighted by molar-refractivity contribution is 5.91. The van der Waals surface area contributed by atoms with Gasteiger partial charge < -0.3 is 14.8 Å². The van der Waals surface area contributed by atoms with E-state index in [9.17, 15) is 14.4 Å². The van der Waals surface area contributed by atoms with Crippen LogP contribution in [0.1, 0.15) is 42.6 Å². The highest BCUT2D eigenvalue weighted by Gasteiger charge is 2.08. The quantitative estimate of drug-likeness (QED) is 0.583. The van der Waals surface area contributed by atoms with Crippen molar-refractivity contribution in [3.63, 3.8) is 0 Å². The smallest absolute Gasteiger partial charge is 0.337 e. The maximum Gasteiger partial charge on any atom is 0.337 e. The molecule has 0 aliphatic heterocycles. The van der Waals surface area contributed by atoms with E-state index in [2.05, 4.69) is 10.1 Å². The van der Waals surface area contributed by atoms with Crippen molar-refractivity contribution in [2.75, 3.05) is 13.7 Å². The fourth-order valence-electron chi connectivity index (χ4n) is 2.02. The van der Waals surface area contributed by atoms with Crippen molar-refractivity contribution in [3.05, 3.63) is 41.5 Å². The molecule has 0 unspecified atom stereocenters. The first-order valence-electron chi connectivity index (χ1n) is 7.78. The molecule has 0 spiro atoms. The number of rotatable bonds is 8. The van der Waals surface area contributed by atoms with E-state index in [1.54, 1.807) is 30.3 Å². The van der Waals surface area contributed by atoms with Crippen molar-refractivity contribution < 1.29 is 23.9 Å². The number of nitrogens with one attached hydrogen (secondary N) is 1. The van der Waals surface area contributed by atoms with Gasteiger partial charge in [-0.05, 0) is 37.1 Å². The third-order valence-corrected chi connectivity index (χ3v) is 3.22. The second-order valence-electron chi connectivity index (χ2n) is 5.31. The van der Waals surface area contributed by atoms with Gasteiger partial charge in [0.2, 0.25) is 0 Å². The minimum Gasteiger partial charge on any atom is -0.465 e. The first-order chi connectivity index (χ1) is 11.5. The summed E-state index contributed by atoms with van der Waals surface area (Å²) in [5.41, 5.74) is 1.15. The average Bonchev–Trinajstić information content (AvgIpc) is 2.58. The molecule has 0 heterocycles. The van der Waals surface area contributed by atoms with Crippen molar-refractivity contribution in [1.82, 2.24) is 5.32 Å². The van der Waals surface area contributed by atoms with E-state index in [-0.39, 0.29) is 18.6 Å². The Labute approximate surface area is 141 Å². The van der Waals surface area contributed by atoms with Gasteiger partial charge in [-0.15, -0.1) is 0 Å². The number of hydrogen-bond donors (Lipinski definition) is 1. The summed E-state index contributed by atoms with van der Waals surface area (Å²) in [4.78, 5) is 34.5. The normalized spacial score (nSPS) is 11.8. The highest BCUT2D eigenvalue weighted by atomic mass is 16.5. The van der Waals surface area contributed by atoms with Crippen LogP contribution in [0.25, 0.3) is 6.08 Å². The Bertz CT molecular complexity index is 592. The number of esters is 2. The molecular weight excluding hydrogens is 310 g/mol. The third kappa shape index (κ3) is 7.09. The van der Waals surface area contributed by atoms with Crippen molar-refractivity contribution >= 4 is 23.9 Å². The second kappa shape index (κ2) is 10.2. The first-order valence-corrected chi connectivity index (χ1v) is 7.78. The van der Waals surface area contributed by atoms with Crippen LogP contribution in [0.15, 0.2) is 30.3 Å². The van der Waals surface area contributed by atoms with Crippen LogP contribution < -0.4 is 5.32 Å². The van der Waals surface area contributed by atoms with E-state index in [1.807, 2.05) is 13.8 Å². The molecule has 24 heavy (non-hydrogen) atoms. The summed E-state index contributed by atoms with van der Waals surface area (Å²) >= 11 is 0. The topological polar surface area (TPSA) is 81.7 Å². The van der Waals surface area contributed by atoms with E-state index in [0.29, 0.717) is 5.56 Å². The van der Waals surface area contributed by atoms with Crippen molar-refractivity contribution in [3.8, 4) is 0 Å². The molecular formula is C18H23NO5. The van der Waals surface area contributed by atoms with Crippen LogP contribution in [0.2, 0.25) is 0 Å². The lowest BCUT2D eigenvalue weighted by atomic mass is 10.1. The summed E-state index contributed by atoms with van der Waals surface area (Å²) < 4.78 is 9.47. The Hall–Kier alpha value is -2.63. The zero-order chi connectivity index (χ0) is 17.9. The SMILES string of the molecule is CCC[C@H](C)NC(=O)COC(=O)/C=C/c1ccc(C(=O)OC)cc1. The largest absolute Gasteiger partial charge is 0.465 e. The van der Waals surface area contributed by atoms with Gasteiger partial charge >= 0.3 is 11.9 Å². The molecule has 0 saturated heterocycles. The molecule has 1 rings (SSSR count). The van der Waals surface area contributed by atoms with E-state index in [0.717, 1.165) is 18.4 Å². The van der Waals surface area contributed by atoms with Gasteiger partial charge in [0.05, 0.1) is 12.7 Å². The summed E-state index contributed by atoms with van der Waals surface area (Å²) in [5.74, 6) is -1.35. The monoisotopic (exact) mass is 333 g/mol. The number of hydrogen-bond acceptors (Lipinski definition) is 5. The molecule has 1 aromatic rings. The van der Waals surface area contributed by atoms with Gasteiger partial charge in [-0.2, -0.15) is 0 Å². The number of benzene rings is 1. The minimum absolute atomic E-state index is 0.0602. The maximum absolute atomic E-state index is 11.6. The van der Waals surface area contributed by atoms with Gasteiger partial charge in [-0.25, -0.2) is 9.59 Å². The van der Waals surface area contributed by atoms with E-state index in [4.69, 9.17) is 4.74 Å². The standard InChI is InChI=1S/C18H23NO5/c1-4-5-13(2)19-16(20)12-24-17(21)11-8-14-6-9-15(10-7-14)18(22)23-3/h6-11,13H,4-5,12H2,1-3H3,(H,19,20)/b11-8+/t13-/m0/s1. The maximum atomic E-state index is 11.6. The van der Waals surface area contributed by atoms with E-state index >= 15 is 0 Å². The van der Waals surface area contributed by atoms with Gasteiger partial charge in [0.25, 0.3) is 5.91 Å². The molecule has 0 aliphatic rings. The van der Waals surface area contributed by atoms with Crippen LogP contribution >= 0.6 is 0 Å². The lowest BCUT2D eigenvalue weighted by molar-refractivity contribution is -0.144. The fourth-order valence-corrected chi connectivity index (χ4v) is 2.02. The molecule has 0 aliphatic carbocycles. The number of methoxy groups -OCH3 is 1. The zero-order valence-electron chi connectivity index (χ0n) is 14.2. The van der Waals surface area contributed by atoms with Gasteiger partial charge in [-0.3, -0.25) is 4.79 Å². The number of ether oxygens (including phenoxy) is 2. The van der Waals surface area contributed by atoms with Gasteiger partial charge in [0.1, 0.15) is 0 Å². The van der Waals surface area contributed by atoms with E-state index < -0.39 is 11.9 Å². The Kier molecular flexibility index (Phi) is 8.25. The Morgan fingerprint density at radius 2 is 1.88 bits per heavy atom. The molecule has 130 valence electrons. The van der Waals surface area contributed by atoms with Crippen LogP contribution in [0.4, 0.5) is 0 Å². The lowest BCUT2D eigenvalue weighted by Crippen LogP contribution is -2.35. The summed E-state index contributed by atoms with van der Waals surface area (Å²) in [5, 5.41) is 2.75.